The first-order valence-corrected chi connectivity index (χ1v) is 13.6. The van der Waals surface area contributed by atoms with Crippen LogP contribution in [0.15, 0.2) is 46.5 Å². The van der Waals surface area contributed by atoms with Crippen molar-refractivity contribution in [2.24, 2.45) is 0 Å². The minimum atomic E-state index is -3.66. The molecule has 0 atom stereocenters. The maximum Gasteiger partial charge on any atom is 0.243 e. The van der Waals surface area contributed by atoms with Crippen LogP contribution >= 0.6 is 11.8 Å². The van der Waals surface area contributed by atoms with Crippen molar-refractivity contribution in [2.45, 2.75) is 35.7 Å². The van der Waals surface area contributed by atoms with E-state index in [2.05, 4.69) is 4.98 Å². The summed E-state index contributed by atoms with van der Waals surface area (Å²) in [4.78, 5) is 4.83. The summed E-state index contributed by atoms with van der Waals surface area (Å²) >= 11 is 1.28. The number of hydrogen-bond acceptors (Lipinski definition) is 6. The molecule has 1 aliphatic heterocycles. The predicted molar refractivity (Wildman–Crippen MR) is 126 cm³/mol. The van der Waals surface area contributed by atoms with E-state index in [1.165, 1.54) is 22.1 Å². The van der Waals surface area contributed by atoms with Crippen LogP contribution in [0.2, 0.25) is 0 Å². The van der Waals surface area contributed by atoms with Gasteiger partial charge in [0.15, 0.2) is 16.8 Å². The van der Waals surface area contributed by atoms with Gasteiger partial charge in [-0.3, -0.25) is 0 Å². The zero-order chi connectivity index (χ0) is 24.1. The summed E-state index contributed by atoms with van der Waals surface area (Å²) in [5, 5.41) is 0.607. The van der Waals surface area contributed by atoms with Crippen molar-refractivity contribution in [3.63, 3.8) is 0 Å². The Morgan fingerprint density at radius 2 is 1.97 bits per heavy atom. The van der Waals surface area contributed by atoms with Crippen LogP contribution in [-0.2, 0) is 31.8 Å². The molecule has 1 aromatic heterocycles. The van der Waals surface area contributed by atoms with Gasteiger partial charge in [0.2, 0.25) is 10.0 Å². The summed E-state index contributed by atoms with van der Waals surface area (Å²) in [7, 11) is -3.66. The van der Waals surface area contributed by atoms with Crippen molar-refractivity contribution >= 4 is 32.8 Å². The normalized spacial score (nSPS) is 15.3. The number of ether oxygens (including phenoxy) is 2. The highest BCUT2D eigenvalue weighted by molar-refractivity contribution is 7.98. The van der Waals surface area contributed by atoms with Gasteiger partial charge in [0, 0.05) is 44.2 Å². The van der Waals surface area contributed by atoms with Crippen LogP contribution in [0.3, 0.4) is 0 Å². The molecule has 0 spiro atoms. The van der Waals surface area contributed by atoms with Gasteiger partial charge in [-0.2, -0.15) is 4.31 Å². The summed E-state index contributed by atoms with van der Waals surface area (Å²) in [6.07, 6.45) is 0.731. The van der Waals surface area contributed by atoms with E-state index in [1.807, 2.05) is 11.5 Å². The Bertz CT molecular complexity index is 1240. The number of nitrogens with zero attached hydrogens (tertiary/aromatic N) is 3. The number of rotatable bonds is 10. The standard InChI is InChI=1S/C23H27F2N3O4S2/c1-2-31-12-4-9-28-21-8-7-18(34(29,30)27-10-13-32-14-11-27)15-20(21)26-23(28)33-16-17-5-3-6-19(24)22(17)25/h3,5-8,15H,2,4,9-14,16H2,1H3. The van der Waals surface area contributed by atoms with Crippen molar-refractivity contribution in [1.29, 1.82) is 0 Å². The number of hydrogen-bond donors (Lipinski definition) is 0. The van der Waals surface area contributed by atoms with Crippen LogP contribution in [0.25, 0.3) is 11.0 Å². The lowest BCUT2D eigenvalue weighted by molar-refractivity contribution is 0.0730. The molecular weight excluding hydrogens is 484 g/mol. The molecule has 0 amide bonds. The minimum absolute atomic E-state index is 0.175. The molecule has 184 valence electrons. The van der Waals surface area contributed by atoms with Gasteiger partial charge in [-0.25, -0.2) is 22.2 Å². The maximum absolute atomic E-state index is 14.1. The maximum atomic E-state index is 14.1. The van der Waals surface area contributed by atoms with Crippen LogP contribution in [0, 0.1) is 11.6 Å². The molecule has 1 aliphatic rings. The summed E-state index contributed by atoms with van der Waals surface area (Å²) in [5.41, 5.74) is 1.56. The SMILES string of the molecule is CCOCCCn1c(SCc2cccc(F)c2F)nc2cc(S(=O)(=O)N3CCOCC3)ccc21. The quantitative estimate of drug-likeness (QED) is 0.302. The molecule has 34 heavy (non-hydrogen) atoms. The Hall–Kier alpha value is -2.05. The number of benzene rings is 2. The number of morpholine rings is 1. The summed E-state index contributed by atoms with van der Waals surface area (Å²) < 4.78 is 68.0. The van der Waals surface area contributed by atoms with E-state index in [-0.39, 0.29) is 16.2 Å². The Labute approximate surface area is 202 Å². The molecule has 1 saturated heterocycles. The van der Waals surface area contributed by atoms with Crippen molar-refractivity contribution < 1.29 is 26.7 Å². The van der Waals surface area contributed by atoms with Gasteiger partial charge < -0.3 is 14.0 Å². The zero-order valence-corrected chi connectivity index (χ0v) is 20.5. The number of aromatic nitrogens is 2. The molecule has 0 bridgehead atoms. The molecule has 2 aromatic carbocycles. The summed E-state index contributed by atoms with van der Waals surface area (Å²) in [6.45, 7) is 5.08. The average molecular weight is 512 g/mol. The smallest absolute Gasteiger partial charge is 0.243 e. The second kappa shape index (κ2) is 11.1. The summed E-state index contributed by atoms with van der Waals surface area (Å²) in [6, 6.07) is 9.02. The number of sulfonamides is 1. The second-order valence-electron chi connectivity index (χ2n) is 7.77. The van der Waals surface area contributed by atoms with Gasteiger partial charge in [-0.15, -0.1) is 0 Å². The molecule has 0 unspecified atom stereocenters. The van der Waals surface area contributed by atoms with Crippen LogP contribution < -0.4 is 0 Å². The van der Waals surface area contributed by atoms with E-state index in [9.17, 15) is 17.2 Å². The van der Waals surface area contributed by atoms with E-state index >= 15 is 0 Å². The Morgan fingerprint density at radius 3 is 2.74 bits per heavy atom. The molecule has 2 heterocycles. The molecule has 11 heteroatoms. The molecule has 0 aliphatic carbocycles. The lowest BCUT2D eigenvalue weighted by atomic mass is 10.2. The highest BCUT2D eigenvalue weighted by atomic mass is 32.2. The third kappa shape index (κ3) is 5.44. The van der Waals surface area contributed by atoms with Gasteiger partial charge in [-0.05, 0) is 37.6 Å². The highest BCUT2D eigenvalue weighted by Gasteiger charge is 2.27. The largest absolute Gasteiger partial charge is 0.382 e. The average Bonchev–Trinajstić information content (AvgIpc) is 3.20. The van der Waals surface area contributed by atoms with Crippen LogP contribution in [0.1, 0.15) is 18.9 Å². The van der Waals surface area contributed by atoms with E-state index in [1.54, 1.807) is 24.3 Å². The van der Waals surface area contributed by atoms with Crippen molar-refractivity contribution in [3.8, 4) is 0 Å². The number of aryl methyl sites for hydroxylation is 1. The van der Waals surface area contributed by atoms with Gasteiger partial charge in [0.1, 0.15) is 0 Å². The van der Waals surface area contributed by atoms with E-state index in [0.29, 0.717) is 56.7 Å². The number of fused-ring (bicyclic) bond motifs is 1. The molecule has 7 nitrogen and oxygen atoms in total. The third-order valence-corrected chi connectivity index (χ3v) is 8.48. The Balaban J connectivity index is 1.64. The molecule has 1 fully saturated rings. The Morgan fingerprint density at radius 1 is 1.18 bits per heavy atom. The van der Waals surface area contributed by atoms with Crippen LogP contribution in [0.5, 0.6) is 0 Å². The highest BCUT2D eigenvalue weighted by Crippen LogP contribution is 2.30. The van der Waals surface area contributed by atoms with Crippen LogP contribution in [0.4, 0.5) is 8.78 Å². The van der Waals surface area contributed by atoms with Gasteiger partial charge in [-0.1, -0.05) is 23.9 Å². The van der Waals surface area contributed by atoms with Gasteiger partial charge >= 0.3 is 0 Å². The van der Waals surface area contributed by atoms with Crippen molar-refractivity contribution in [2.75, 3.05) is 39.5 Å². The molecule has 4 rings (SSSR count). The lowest BCUT2D eigenvalue weighted by Gasteiger charge is -2.26. The molecule has 0 saturated carbocycles. The first-order valence-electron chi connectivity index (χ1n) is 11.1. The van der Waals surface area contributed by atoms with Gasteiger partial charge in [0.05, 0.1) is 29.1 Å². The van der Waals surface area contributed by atoms with E-state index < -0.39 is 21.7 Å². The monoisotopic (exact) mass is 511 g/mol. The number of thioether (sulfide) groups is 1. The fraction of sp³-hybridized carbons (Fsp3) is 0.435. The number of halogens is 2. The van der Waals surface area contributed by atoms with Crippen LogP contribution in [-0.4, -0.2) is 61.8 Å². The lowest BCUT2D eigenvalue weighted by Crippen LogP contribution is -2.40. The molecule has 3 aromatic rings. The summed E-state index contributed by atoms with van der Waals surface area (Å²) in [5.74, 6) is -1.56. The minimum Gasteiger partial charge on any atom is -0.382 e. The fourth-order valence-electron chi connectivity index (χ4n) is 3.78. The molecular formula is C23H27F2N3O4S2. The molecule has 0 radical (unpaired) electrons. The van der Waals surface area contributed by atoms with Gasteiger partial charge in [0.25, 0.3) is 0 Å². The second-order valence-corrected chi connectivity index (χ2v) is 10.6. The molecule has 0 N–H and O–H groups in total. The first-order chi connectivity index (χ1) is 16.4. The third-order valence-electron chi connectivity index (χ3n) is 5.56. The zero-order valence-electron chi connectivity index (χ0n) is 18.9. The number of imidazole rings is 1. The van der Waals surface area contributed by atoms with E-state index in [0.717, 1.165) is 18.0 Å². The van der Waals surface area contributed by atoms with Crippen molar-refractivity contribution in [1.82, 2.24) is 13.9 Å². The first kappa shape index (κ1) is 25.1. The Kier molecular flexibility index (Phi) is 8.20. The fourth-order valence-corrected chi connectivity index (χ4v) is 6.23. The van der Waals surface area contributed by atoms with Crippen molar-refractivity contribution in [3.05, 3.63) is 53.6 Å². The van der Waals surface area contributed by atoms with E-state index in [4.69, 9.17) is 9.47 Å². The predicted octanol–water partition coefficient (Wildman–Crippen LogP) is 4.05. The topological polar surface area (TPSA) is 73.7 Å².